The maximum absolute atomic E-state index is 8.94. The van der Waals surface area contributed by atoms with Gasteiger partial charge in [0.05, 0.1) is 5.56 Å². The summed E-state index contributed by atoms with van der Waals surface area (Å²) in [6.45, 7) is 1.94. The van der Waals surface area contributed by atoms with Crippen molar-refractivity contribution in [2.75, 3.05) is 0 Å². The summed E-state index contributed by atoms with van der Waals surface area (Å²) in [5.41, 5.74) is 1.68. The van der Waals surface area contributed by atoms with Gasteiger partial charge >= 0.3 is 0 Å². The summed E-state index contributed by atoms with van der Waals surface area (Å²) in [6, 6.07) is 9.58. The monoisotopic (exact) mass is 227 g/mol. The standard InChI is InChI=1S/C12H9N3S/c1-9-7-14-12(15-8-9)16-11-5-3-2-4-10(11)6-13/h2-5,7-8H,1H3. The molecule has 3 nitrogen and oxygen atoms in total. The second-order valence-corrected chi connectivity index (χ2v) is 4.26. The molecule has 0 N–H and O–H groups in total. The molecule has 1 aromatic heterocycles. The van der Waals surface area contributed by atoms with Crippen LogP contribution in [0, 0.1) is 18.3 Å². The van der Waals surface area contributed by atoms with E-state index in [0.717, 1.165) is 10.5 Å². The lowest BCUT2D eigenvalue weighted by atomic mass is 10.2. The molecule has 1 heterocycles. The lowest BCUT2D eigenvalue weighted by Gasteiger charge is -2.01. The lowest BCUT2D eigenvalue weighted by Crippen LogP contribution is -1.87. The average molecular weight is 227 g/mol. The van der Waals surface area contributed by atoms with E-state index in [1.807, 2.05) is 25.1 Å². The topological polar surface area (TPSA) is 49.6 Å². The van der Waals surface area contributed by atoms with Gasteiger partial charge in [0.1, 0.15) is 6.07 Å². The van der Waals surface area contributed by atoms with Gasteiger partial charge in [-0.2, -0.15) is 5.26 Å². The third-order valence-electron chi connectivity index (χ3n) is 1.97. The summed E-state index contributed by atoms with van der Waals surface area (Å²) in [4.78, 5) is 9.27. The maximum atomic E-state index is 8.94. The summed E-state index contributed by atoms with van der Waals surface area (Å²) < 4.78 is 0. The van der Waals surface area contributed by atoms with Crippen LogP contribution >= 0.6 is 11.8 Å². The molecule has 4 heteroatoms. The SMILES string of the molecule is Cc1cnc(Sc2ccccc2C#N)nc1. The maximum Gasteiger partial charge on any atom is 0.192 e. The van der Waals surface area contributed by atoms with E-state index in [-0.39, 0.29) is 0 Å². The zero-order valence-corrected chi connectivity index (χ0v) is 9.53. The number of aromatic nitrogens is 2. The second-order valence-electron chi connectivity index (χ2n) is 3.25. The first kappa shape index (κ1) is 10.7. The Bertz CT molecular complexity index is 529. The van der Waals surface area contributed by atoms with E-state index in [9.17, 15) is 0 Å². The van der Waals surface area contributed by atoms with Crippen molar-refractivity contribution < 1.29 is 0 Å². The normalized spacial score (nSPS) is 9.75. The van der Waals surface area contributed by atoms with Crippen molar-refractivity contribution in [2.45, 2.75) is 17.0 Å². The van der Waals surface area contributed by atoms with Crippen LogP contribution in [-0.2, 0) is 0 Å². The first-order valence-electron chi connectivity index (χ1n) is 4.75. The molecule has 1 aromatic carbocycles. The minimum absolute atomic E-state index is 0.650. The highest BCUT2D eigenvalue weighted by molar-refractivity contribution is 7.99. The third kappa shape index (κ3) is 2.38. The van der Waals surface area contributed by atoms with Gasteiger partial charge in [-0.05, 0) is 36.4 Å². The van der Waals surface area contributed by atoms with Crippen LogP contribution in [0.2, 0.25) is 0 Å². The Labute approximate surface area is 98.2 Å². The molecular weight excluding hydrogens is 218 g/mol. The van der Waals surface area contributed by atoms with E-state index in [1.54, 1.807) is 18.5 Å². The highest BCUT2D eigenvalue weighted by atomic mass is 32.2. The summed E-state index contributed by atoms with van der Waals surface area (Å²) in [6.07, 6.45) is 3.54. The Morgan fingerprint density at radius 2 is 1.88 bits per heavy atom. The summed E-state index contributed by atoms with van der Waals surface area (Å²) in [7, 11) is 0. The second kappa shape index (κ2) is 4.77. The van der Waals surface area contributed by atoms with Crippen molar-refractivity contribution >= 4 is 11.8 Å². The summed E-state index contributed by atoms with van der Waals surface area (Å²) in [5.74, 6) is 0. The molecule has 0 fully saturated rings. The number of benzene rings is 1. The number of rotatable bonds is 2. The van der Waals surface area contributed by atoms with Gasteiger partial charge in [-0.15, -0.1) is 0 Å². The molecule has 0 aliphatic carbocycles. The molecular formula is C12H9N3S. The fraction of sp³-hybridized carbons (Fsp3) is 0.0833. The quantitative estimate of drug-likeness (QED) is 0.740. The Balaban J connectivity index is 2.27. The molecule has 0 bridgehead atoms. The zero-order valence-electron chi connectivity index (χ0n) is 8.71. The molecule has 0 aliphatic rings. The Morgan fingerprint density at radius 3 is 2.56 bits per heavy atom. The number of hydrogen-bond acceptors (Lipinski definition) is 4. The molecule has 16 heavy (non-hydrogen) atoms. The number of aryl methyl sites for hydroxylation is 1. The predicted molar refractivity (Wildman–Crippen MR) is 62.0 cm³/mol. The highest BCUT2D eigenvalue weighted by Crippen LogP contribution is 2.26. The molecule has 0 spiro atoms. The van der Waals surface area contributed by atoms with Gasteiger partial charge in [0.25, 0.3) is 0 Å². The van der Waals surface area contributed by atoms with Crippen LogP contribution in [0.1, 0.15) is 11.1 Å². The van der Waals surface area contributed by atoms with Crippen molar-refractivity contribution in [3.8, 4) is 6.07 Å². The van der Waals surface area contributed by atoms with E-state index in [4.69, 9.17) is 5.26 Å². The predicted octanol–water partition coefficient (Wildman–Crippen LogP) is 2.81. The van der Waals surface area contributed by atoms with Gasteiger partial charge in [-0.3, -0.25) is 0 Å². The highest BCUT2D eigenvalue weighted by Gasteiger charge is 2.04. The first-order valence-corrected chi connectivity index (χ1v) is 5.57. The van der Waals surface area contributed by atoms with Gasteiger partial charge in [0, 0.05) is 17.3 Å². The molecule has 2 aromatic rings. The van der Waals surface area contributed by atoms with Crippen LogP contribution in [-0.4, -0.2) is 9.97 Å². The van der Waals surface area contributed by atoms with E-state index in [2.05, 4.69) is 16.0 Å². The number of nitriles is 1. The molecule has 0 aliphatic heterocycles. The smallest absolute Gasteiger partial charge is 0.192 e. The fourth-order valence-corrected chi connectivity index (χ4v) is 1.96. The van der Waals surface area contributed by atoms with E-state index >= 15 is 0 Å². The molecule has 0 atom stereocenters. The summed E-state index contributed by atoms with van der Waals surface area (Å²) >= 11 is 1.40. The fourth-order valence-electron chi connectivity index (χ4n) is 1.18. The van der Waals surface area contributed by atoms with Crippen LogP contribution in [0.25, 0.3) is 0 Å². The van der Waals surface area contributed by atoms with Crippen molar-refractivity contribution in [3.63, 3.8) is 0 Å². The van der Waals surface area contributed by atoms with Gasteiger partial charge in [-0.1, -0.05) is 12.1 Å². The molecule has 0 saturated carbocycles. The Kier molecular flexibility index (Phi) is 3.18. The van der Waals surface area contributed by atoms with Gasteiger partial charge in [0.15, 0.2) is 5.16 Å². The minimum Gasteiger partial charge on any atom is -0.231 e. The van der Waals surface area contributed by atoms with Crippen LogP contribution in [0.5, 0.6) is 0 Å². The Morgan fingerprint density at radius 1 is 1.19 bits per heavy atom. The van der Waals surface area contributed by atoms with E-state index < -0.39 is 0 Å². The van der Waals surface area contributed by atoms with E-state index in [1.165, 1.54) is 11.8 Å². The summed E-state index contributed by atoms with van der Waals surface area (Å²) in [5, 5.41) is 9.60. The third-order valence-corrected chi connectivity index (χ3v) is 2.94. The molecule has 78 valence electrons. The zero-order chi connectivity index (χ0) is 11.4. The Hall–Kier alpha value is -1.86. The van der Waals surface area contributed by atoms with Crippen molar-refractivity contribution in [1.29, 1.82) is 5.26 Å². The minimum atomic E-state index is 0.650. The molecule has 2 rings (SSSR count). The largest absolute Gasteiger partial charge is 0.231 e. The van der Waals surface area contributed by atoms with Gasteiger partial charge in [-0.25, -0.2) is 9.97 Å². The molecule has 0 saturated heterocycles. The lowest BCUT2D eigenvalue weighted by molar-refractivity contribution is 0.950. The molecule has 0 unspecified atom stereocenters. The molecule has 0 amide bonds. The van der Waals surface area contributed by atoms with Crippen molar-refractivity contribution in [2.24, 2.45) is 0 Å². The van der Waals surface area contributed by atoms with Crippen molar-refractivity contribution in [1.82, 2.24) is 9.97 Å². The van der Waals surface area contributed by atoms with Crippen LogP contribution in [0.15, 0.2) is 46.7 Å². The van der Waals surface area contributed by atoms with Gasteiger partial charge in [0.2, 0.25) is 0 Å². The number of hydrogen-bond donors (Lipinski definition) is 0. The first-order chi connectivity index (χ1) is 7.79. The number of nitrogens with zero attached hydrogens (tertiary/aromatic N) is 3. The van der Waals surface area contributed by atoms with Crippen molar-refractivity contribution in [3.05, 3.63) is 47.8 Å². The van der Waals surface area contributed by atoms with Crippen LogP contribution in [0.3, 0.4) is 0 Å². The van der Waals surface area contributed by atoms with E-state index in [0.29, 0.717) is 10.7 Å². The average Bonchev–Trinajstić information content (AvgIpc) is 2.33. The van der Waals surface area contributed by atoms with Crippen LogP contribution < -0.4 is 0 Å². The van der Waals surface area contributed by atoms with Crippen LogP contribution in [0.4, 0.5) is 0 Å². The van der Waals surface area contributed by atoms with Gasteiger partial charge < -0.3 is 0 Å². The molecule has 0 radical (unpaired) electrons.